The largest absolute Gasteiger partial charge is 0.493 e. The lowest BCUT2D eigenvalue weighted by Crippen LogP contribution is -2.18. The van der Waals surface area contributed by atoms with E-state index >= 15 is 0 Å². The molecule has 0 radical (unpaired) electrons. The molecule has 2 heterocycles. The van der Waals surface area contributed by atoms with Crippen molar-refractivity contribution < 1.29 is 37.6 Å². The van der Waals surface area contributed by atoms with Gasteiger partial charge in [0, 0.05) is 5.92 Å². The van der Waals surface area contributed by atoms with Crippen molar-refractivity contribution in [1.82, 2.24) is 0 Å². The summed E-state index contributed by atoms with van der Waals surface area (Å²) >= 11 is 0. The highest BCUT2D eigenvalue weighted by Crippen LogP contribution is 2.50. The van der Waals surface area contributed by atoms with Gasteiger partial charge >= 0.3 is 5.97 Å². The molecule has 1 unspecified atom stereocenters. The first-order valence-electron chi connectivity index (χ1n) is 11.5. The Morgan fingerprint density at radius 3 is 2.33 bits per heavy atom. The zero-order valence-electron chi connectivity index (χ0n) is 19.8. The van der Waals surface area contributed by atoms with Crippen LogP contribution in [0, 0.1) is 5.82 Å². The van der Waals surface area contributed by atoms with E-state index in [4.69, 9.17) is 28.4 Å². The highest BCUT2D eigenvalue weighted by molar-refractivity contribution is 5.95. The van der Waals surface area contributed by atoms with Crippen LogP contribution >= 0.6 is 0 Å². The first kappa shape index (κ1) is 22.3. The summed E-state index contributed by atoms with van der Waals surface area (Å²) in [5.41, 5.74) is 5.17. The molecule has 0 amide bonds. The molecule has 7 nitrogen and oxygen atoms in total. The number of benzene rings is 3. The van der Waals surface area contributed by atoms with E-state index in [1.54, 1.807) is 26.4 Å². The molecule has 3 aromatic carbocycles. The van der Waals surface area contributed by atoms with E-state index in [-0.39, 0.29) is 31.8 Å². The molecule has 0 N–H and O–H groups in total. The lowest BCUT2D eigenvalue weighted by atomic mass is 9.75. The first-order valence-corrected chi connectivity index (χ1v) is 11.5. The van der Waals surface area contributed by atoms with Gasteiger partial charge in [-0.15, -0.1) is 0 Å². The quantitative estimate of drug-likeness (QED) is 0.464. The van der Waals surface area contributed by atoms with Gasteiger partial charge in [-0.25, -0.2) is 9.18 Å². The minimum atomic E-state index is -0.401. The lowest BCUT2D eigenvalue weighted by molar-refractivity contribution is -0.136. The van der Waals surface area contributed by atoms with E-state index < -0.39 is 5.92 Å². The molecule has 0 saturated carbocycles. The molecule has 6 rings (SSSR count). The number of esters is 1. The summed E-state index contributed by atoms with van der Waals surface area (Å²) < 4.78 is 47.3. The Morgan fingerprint density at radius 2 is 1.64 bits per heavy atom. The van der Waals surface area contributed by atoms with Crippen LogP contribution in [0.2, 0.25) is 0 Å². The van der Waals surface area contributed by atoms with Crippen molar-refractivity contribution in [2.24, 2.45) is 0 Å². The monoisotopic (exact) mass is 490 g/mol. The Balaban J connectivity index is 1.43. The molecule has 8 heteroatoms. The number of ether oxygens (including phenoxy) is 6. The van der Waals surface area contributed by atoms with Crippen LogP contribution in [-0.4, -0.2) is 33.6 Å². The number of methoxy groups -OCH3 is 2. The molecule has 36 heavy (non-hydrogen) atoms. The smallest absolute Gasteiger partial charge is 0.335 e. The molecule has 0 aromatic heterocycles. The molecule has 1 aliphatic carbocycles. The van der Waals surface area contributed by atoms with E-state index in [1.807, 2.05) is 24.3 Å². The Morgan fingerprint density at radius 1 is 0.944 bits per heavy atom. The molecule has 2 aliphatic heterocycles. The fourth-order valence-electron chi connectivity index (χ4n) is 5.02. The molecule has 3 aromatic rings. The van der Waals surface area contributed by atoms with Crippen LogP contribution in [-0.2, 0) is 22.6 Å². The van der Waals surface area contributed by atoms with Crippen LogP contribution in [0.5, 0.6) is 28.7 Å². The van der Waals surface area contributed by atoms with Crippen molar-refractivity contribution in [3.63, 3.8) is 0 Å². The summed E-state index contributed by atoms with van der Waals surface area (Å²) in [4.78, 5) is 12.8. The summed E-state index contributed by atoms with van der Waals surface area (Å²) in [6, 6.07) is 13.7. The van der Waals surface area contributed by atoms with E-state index in [9.17, 15) is 9.18 Å². The predicted octanol–water partition coefficient (Wildman–Crippen LogP) is 4.69. The number of rotatable bonds is 6. The molecule has 0 fully saturated rings. The standard InChI is InChI=1S/C28H23FO7/c1-31-23-9-17(10-24(32-2)27(23)33-12-15-3-5-19(29)6-4-15)25-20-11-22-21(35-14-36-22)8-16(20)7-18-13-34-28(30)26(18)25/h3-6,8-11,25H,7,12-14H2,1-2H3. The maximum atomic E-state index is 13.3. The third kappa shape index (κ3) is 3.69. The topological polar surface area (TPSA) is 72.5 Å². The average Bonchev–Trinajstić information content (AvgIpc) is 3.51. The van der Waals surface area contributed by atoms with Gasteiger partial charge in [0.1, 0.15) is 19.0 Å². The van der Waals surface area contributed by atoms with Crippen molar-refractivity contribution in [2.45, 2.75) is 18.9 Å². The highest BCUT2D eigenvalue weighted by Gasteiger charge is 2.40. The minimum absolute atomic E-state index is 0.166. The number of halogens is 1. The normalized spacial score (nSPS) is 17.4. The summed E-state index contributed by atoms with van der Waals surface area (Å²) in [6.45, 7) is 0.634. The van der Waals surface area contributed by atoms with Crippen molar-refractivity contribution in [2.75, 3.05) is 27.6 Å². The number of cyclic esters (lactones) is 1. The molecule has 3 aliphatic rings. The van der Waals surface area contributed by atoms with Crippen LogP contribution in [0.25, 0.3) is 0 Å². The number of hydrogen-bond acceptors (Lipinski definition) is 7. The third-order valence-electron chi connectivity index (χ3n) is 6.73. The molecule has 0 saturated heterocycles. The third-order valence-corrected chi connectivity index (χ3v) is 6.73. The molecular formula is C28H23FO7. The van der Waals surface area contributed by atoms with Gasteiger partial charge in [-0.2, -0.15) is 0 Å². The van der Waals surface area contributed by atoms with Gasteiger partial charge in [0.15, 0.2) is 23.0 Å². The summed E-state index contributed by atoms with van der Waals surface area (Å²) in [7, 11) is 3.09. The van der Waals surface area contributed by atoms with Crippen molar-refractivity contribution in [1.29, 1.82) is 0 Å². The molecule has 184 valence electrons. The highest BCUT2D eigenvalue weighted by atomic mass is 19.1. The fraction of sp³-hybridized carbons (Fsp3) is 0.250. The van der Waals surface area contributed by atoms with Crippen LogP contribution in [0.3, 0.4) is 0 Å². The van der Waals surface area contributed by atoms with Gasteiger partial charge in [-0.3, -0.25) is 0 Å². The second kappa shape index (κ2) is 8.78. The van der Waals surface area contributed by atoms with Gasteiger partial charge in [-0.1, -0.05) is 12.1 Å². The molecule has 0 spiro atoms. The number of hydrogen-bond donors (Lipinski definition) is 0. The van der Waals surface area contributed by atoms with Crippen LogP contribution in [0.1, 0.15) is 28.2 Å². The Bertz CT molecular complexity index is 1370. The summed E-state index contributed by atoms with van der Waals surface area (Å²) in [5.74, 6) is 1.62. The second-order valence-corrected chi connectivity index (χ2v) is 8.78. The van der Waals surface area contributed by atoms with E-state index in [0.717, 1.165) is 27.8 Å². The van der Waals surface area contributed by atoms with Gasteiger partial charge < -0.3 is 28.4 Å². The number of fused-ring (bicyclic) bond motifs is 2. The zero-order chi connectivity index (χ0) is 24.8. The Hall–Kier alpha value is -4.20. The Kier molecular flexibility index (Phi) is 5.44. The summed E-state index contributed by atoms with van der Waals surface area (Å²) in [6.07, 6.45) is 0.608. The van der Waals surface area contributed by atoms with Crippen molar-refractivity contribution in [3.8, 4) is 28.7 Å². The molecular weight excluding hydrogens is 467 g/mol. The van der Waals surface area contributed by atoms with E-state index in [1.165, 1.54) is 12.1 Å². The van der Waals surface area contributed by atoms with Crippen LogP contribution in [0.4, 0.5) is 4.39 Å². The average molecular weight is 490 g/mol. The SMILES string of the molecule is COc1cc(C2C3=C(COC3=O)Cc3cc4c(cc32)OCO4)cc(OC)c1OCc1ccc(F)cc1. The molecule has 0 bridgehead atoms. The number of carbonyl (C=O) groups is 1. The maximum Gasteiger partial charge on any atom is 0.335 e. The van der Waals surface area contributed by atoms with Crippen molar-refractivity contribution >= 4 is 5.97 Å². The van der Waals surface area contributed by atoms with Crippen LogP contribution in [0.15, 0.2) is 59.7 Å². The fourth-order valence-corrected chi connectivity index (χ4v) is 5.02. The van der Waals surface area contributed by atoms with Gasteiger partial charge in [0.2, 0.25) is 12.5 Å². The van der Waals surface area contributed by atoms with Crippen molar-refractivity contribution in [3.05, 3.63) is 87.7 Å². The van der Waals surface area contributed by atoms with E-state index in [0.29, 0.717) is 40.7 Å². The second-order valence-electron chi connectivity index (χ2n) is 8.78. The minimum Gasteiger partial charge on any atom is -0.493 e. The Labute approximate surface area is 206 Å². The summed E-state index contributed by atoms with van der Waals surface area (Å²) in [5, 5.41) is 0. The first-order chi connectivity index (χ1) is 17.6. The van der Waals surface area contributed by atoms with Gasteiger partial charge in [0.05, 0.1) is 19.8 Å². The number of carbonyl (C=O) groups excluding carboxylic acids is 1. The van der Waals surface area contributed by atoms with Gasteiger partial charge in [0.25, 0.3) is 0 Å². The molecule has 1 atom stereocenters. The zero-order valence-corrected chi connectivity index (χ0v) is 19.8. The maximum absolute atomic E-state index is 13.3. The lowest BCUT2D eigenvalue weighted by Gasteiger charge is -2.27. The van der Waals surface area contributed by atoms with Crippen LogP contribution < -0.4 is 23.7 Å². The van der Waals surface area contributed by atoms with E-state index in [2.05, 4.69) is 0 Å². The predicted molar refractivity (Wildman–Crippen MR) is 126 cm³/mol. The van der Waals surface area contributed by atoms with Gasteiger partial charge in [-0.05, 0) is 70.6 Å².